The molecule has 2 rings (SSSR count). The van der Waals surface area contributed by atoms with Gasteiger partial charge in [-0.15, -0.1) is 0 Å². The fourth-order valence-corrected chi connectivity index (χ4v) is 1.91. The molecule has 5 heteroatoms. The lowest BCUT2D eigenvalue weighted by atomic mass is 10.1. The smallest absolute Gasteiger partial charge is 0.309 e. The van der Waals surface area contributed by atoms with Crippen LogP contribution >= 0.6 is 0 Å². The topological polar surface area (TPSA) is 52.3 Å². The molecule has 92 valence electrons. The van der Waals surface area contributed by atoms with Gasteiger partial charge in [0.05, 0.1) is 18.2 Å². The Morgan fingerprint density at radius 1 is 1.47 bits per heavy atom. The lowest BCUT2D eigenvalue weighted by Crippen LogP contribution is -2.08. The second-order valence-corrected chi connectivity index (χ2v) is 4.10. The summed E-state index contributed by atoms with van der Waals surface area (Å²) in [4.78, 5) is 11.4. The zero-order valence-electron chi connectivity index (χ0n) is 9.37. The highest BCUT2D eigenvalue weighted by atomic mass is 19.1. The summed E-state index contributed by atoms with van der Waals surface area (Å²) >= 11 is 0. The lowest BCUT2D eigenvalue weighted by Gasteiger charge is -2.05. The van der Waals surface area contributed by atoms with E-state index in [0.29, 0.717) is 13.0 Å². The third-order valence-corrected chi connectivity index (χ3v) is 2.90. The van der Waals surface area contributed by atoms with Crippen molar-refractivity contribution < 1.29 is 18.3 Å². The van der Waals surface area contributed by atoms with Crippen LogP contribution in [0.4, 0.5) is 14.5 Å². The first kappa shape index (κ1) is 11.8. The molecule has 2 N–H and O–H groups in total. The third kappa shape index (κ3) is 2.23. The summed E-state index contributed by atoms with van der Waals surface area (Å²) in [5.74, 6) is -2.22. The molecular formula is C12H13F2NO2. The van der Waals surface area contributed by atoms with Crippen LogP contribution in [0.15, 0.2) is 12.1 Å². The molecule has 0 heterocycles. The Balaban J connectivity index is 2.16. The summed E-state index contributed by atoms with van der Waals surface area (Å²) in [5, 5.41) is 0. The Morgan fingerprint density at radius 2 is 2.18 bits per heavy atom. The summed E-state index contributed by atoms with van der Waals surface area (Å²) in [7, 11) is 0. The van der Waals surface area contributed by atoms with Gasteiger partial charge in [-0.3, -0.25) is 4.79 Å². The molecule has 1 aromatic rings. The summed E-state index contributed by atoms with van der Waals surface area (Å²) in [6, 6.07) is 2.01. The van der Waals surface area contributed by atoms with E-state index in [0.717, 1.165) is 12.1 Å². The van der Waals surface area contributed by atoms with Crippen LogP contribution in [0.5, 0.6) is 0 Å². The number of esters is 1. The highest BCUT2D eigenvalue weighted by Gasteiger charge is 2.46. The van der Waals surface area contributed by atoms with Gasteiger partial charge in [-0.2, -0.15) is 0 Å². The van der Waals surface area contributed by atoms with Crippen LogP contribution in [0.3, 0.4) is 0 Å². The molecule has 0 bridgehead atoms. The molecule has 2 atom stereocenters. The first-order valence-electron chi connectivity index (χ1n) is 5.45. The monoisotopic (exact) mass is 241 g/mol. The number of carbonyl (C=O) groups is 1. The van der Waals surface area contributed by atoms with Gasteiger partial charge in [-0.05, 0) is 25.0 Å². The molecule has 1 saturated carbocycles. The predicted molar refractivity (Wildman–Crippen MR) is 58.3 cm³/mol. The fraction of sp³-hybridized carbons (Fsp3) is 0.417. The number of rotatable bonds is 3. The minimum absolute atomic E-state index is 0.203. The van der Waals surface area contributed by atoms with Gasteiger partial charge in [-0.1, -0.05) is 0 Å². The van der Waals surface area contributed by atoms with Gasteiger partial charge in [0.1, 0.15) is 11.6 Å². The van der Waals surface area contributed by atoms with Gasteiger partial charge in [0, 0.05) is 12.0 Å². The highest BCUT2D eigenvalue weighted by Crippen LogP contribution is 2.49. The SMILES string of the molecule is CCOC(=O)C1CC1c1cc(F)c(N)cc1F. The third-order valence-electron chi connectivity index (χ3n) is 2.90. The van der Waals surface area contributed by atoms with Crippen LogP contribution in [-0.4, -0.2) is 12.6 Å². The van der Waals surface area contributed by atoms with E-state index in [9.17, 15) is 13.6 Å². The molecule has 3 nitrogen and oxygen atoms in total. The van der Waals surface area contributed by atoms with Crippen LogP contribution in [0, 0.1) is 17.6 Å². The predicted octanol–water partition coefficient (Wildman–Crippen LogP) is 2.21. The zero-order chi connectivity index (χ0) is 12.6. The minimum atomic E-state index is -0.657. The average Bonchev–Trinajstić information content (AvgIpc) is 3.03. The van der Waals surface area contributed by atoms with Crippen LogP contribution in [0.25, 0.3) is 0 Å². The first-order chi connectivity index (χ1) is 8.04. The number of halogens is 2. The van der Waals surface area contributed by atoms with Crippen molar-refractivity contribution in [2.45, 2.75) is 19.3 Å². The molecule has 0 amide bonds. The maximum absolute atomic E-state index is 13.5. The van der Waals surface area contributed by atoms with Crippen molar-refractivity contribution in [3.05, 3.63) is 29.3 Å². The molecule has 0 saturated heterocycles. The van der Waals surface area contributed by atoms with Gasteiger partial charge in [-0.25, -0.2) is 8.78 Å². The molecule has 2 unspecified atom stereocenters. The number of nitrogens with two attached hydrogens (primary N) is 1. The second kappa shape index (κ2) is 4.31. The van der Waals surface area contributed by atoms with E-state index in [1.807, 2.05) is 0 Å². The van der Waals surface area contributed by atoms with E-state index in [2.05, 4.69) is 0 Å². The zero-order valence-corrected chi connectivity index (χ0v) is 9.37. The van der Waals surface area contributed by atoms with E-state index in [4.69, 9.17) is 10.5 Å². The fourth-order valence-electron chi connectivity index (χ4n) is 1.91. The Hall–Kier alpha value is -1.65. The van der Waals surface area contributed by atoms with Crippen molar-refractivity contribution in [1.82, 2.24) is 0 Å². The van der Waals surface area contributed by atoms with Crippen molar-refractivity contribution in [3.63, 3.8) is 0 Å². The normalized spacial score (nSPS) is 22.3. The minimum Gasteiger partial charge on any atom is -0.466 e. The van der Waals surface area contributed by atoms with Gasteiger partial charge < -0.3 is 10.5 Å². The van der Waals surface area contributed by atoms with Gasteiger partial charge in [0.25, 0.3) is 0 Å². The van der Waals surface area contributed by atoms with Crippen LogP contribution < -0.4 is 5.73 Å². The van der Waals surface area contributed by atoms with Crippen LogP contribution in [0.1, 0.15) is 24.8 Å². The molecule has 17 heavy (non-hydrogen) atoms. The Kier molecular flexibility index (Phi) is 3.00. The number of ether oxygens (including phenoxy) is 1. The van der Waals surface area contributed by atoms with E-state index in [-0.39, 0.29) is 29.1 Å². The molecule has 1 aromatic carbocycles. The molecule has 0 aliphatic heterocycles. The quantitative estimate of drug-likeness (QED) is 0.652. The van der Waals surface area contributed by atoms with E-state index >= 15 is 0 Å². The highest BCUT2D eigenvalue weighted by molar-refractivity contribution is 5.77. The molecule has 1 aliphatic carbocycles. The molecule has 0 radical (unpaired) electrons. The number of benzene rings is 1. The summed E-state index contributed by atoms with van der Waals surface area (Å²) < 4.78 is 31.6. The number of hydrogen-bond acceptors (Lipinski definition) is 3. The summed E-state index contributed by atoms with van der Waals surface area (Å²) in [6.07, 6.45) is 0.499. The maximum Gasteiger partial charge on any atom is 0.309 e. The number of hydrogen-bond donors (Lipinski definition) is 1. The van der Waals surface area contributed by atoms with E-state index in [1.54, 1.807) is 6.92 Å². The van der Waals surface area contributed by atoms with Crippen molar-refractivity contribution in [3.8, 4) is 0 Å². The molecule has 0 spiro atoms. The number of carbonyl (C=O) groups excluding carboxylic acids is 1. The van der Waals surface area contributed by atoms with Gasteiger partial charge in [0.15, 0.2) is 0 Å². The molecule has 1 fully saturated rings. The Labute approximate surface area is 97.6 Å². The van der Waals surface area contributed by atoms with Gasteiger partial charge in [0.2, 0.25) is 0 Å². The first-order valence-corrected chi connectivity index (χ1v) is 5.45. The van der Waals surface area contributed by atoms with Crippen molar-refractivity contribution in [1.29, 1.82) is 0 Å². The van der Waals surface area contributed by atoms with E-state index in [1.165, 1.54) is 0 Å². The van der Waals surface area contributed by atoms with Crippen molar-refractivity contribution in [2.75, 3.05) is 12.3 Å². The van der Waals surface area contributed by atoms with Crippen LogP contribution in [0.2, 0.25) is 0 Å². The van der Waals surface area contributed by atoms with E-state index < -0.39 is 11.6 Å². The number of anilines is 1. The maximum atomic E-state index is 13.5. The largest absolute Gasteiger partial charge is 0.466 e. The molecular weight excluding hydrogens is 228 g/mol. The standard InChI is InChI=1S/C12H13F2NO2/c1-2-17-12(16)8-3-6(8)7-4-10(14)11(15)5-9(7)13/h4-6,8H,2-3,15H2,1H3. The number of nitrogen functional groups attached to an aromatic ring is 1. The summed E-state index contributed by atoms with van der Waals surface area (Å²) in [6.45, 7) is 2.00. The molecule has 0 aromatic heterocycles. The average molecular weight is 241 g/mol. The Morgan fingerprint density at radius 3 is 2.82 bits per heavy atom. The van der Waals surface area contributed by atoms with Gasteiger partial charge >= 0.3 is 5.97 Å². The summed E-state index contributed by atoms with van der Waals surface area (Å²) in [5.41, 5.74) is 5.23. The second-order valence-electron chi connectivity index (χ2n) is 4.10. The van der Waals surface area contributed by atoms with Crippen molar-refractivity contribution >= 4 is 11.7 Å². The van der Waals surface area contributed by atoms with Crippen molar-refractivity contribution in [2.24, 2.45) is 5.92 Å². The van der Waals surface area contributed by atoms with Crippen LogP contribution in [-0.2, 0) is 9.53 Å². The lowest BCUT2D eigenvalue weighted by molar-refractivity contribution is -0.144. The molecule has 1 aliphatic rings. The Bertz CT molecular complexity index is 462.